The Morgan fingerprint density at radius 3 is 2.48 bits per heavy atom. The molecule has 1 aliphatic rings. The monoisotopic (exact) mass is 390 g/mol. The molecule has 1 heterocycles. The maximum Gasteiger partial charge on any atom is 0.243 e. The van der Waals surface area contributed by atoms with E-state index in [-0.39, 0.29) is 35.6 Å². The lowest BCUT2D eigenvalue weighted by Gasteiger charge is -2.34. The van der Waals surface area contributed by atoms with Gasteiger partial charge in [-0.15, -0.1) is 0 Å². The van der Waals surface area contributed by atoms with Gasteiger partial charge in [0.25, 0.3) is 0 Å². The van der Waals surface area contributed by atoms with Crippen molar-refractivity contribution in [3.05, 3.63) is 66.0 Å². The molecule has 5 nitrogen and oxygen atoms in total. The van der Waals surface area contributed by atoms with Crippen molar-refractivity contribution in [2.45, 2.75) is 43.2 Å². The van der Waals surface area contributed by atoms with Gasteiger partial charge >= 0.3 is 0 Å². The molecule has 144 valence electrons. The summed E-state index contributed by atoms with van der Waals surface area (Å²) in [5, 5.41) is 2.79. The Morgan fingerprint density at radius 2 is 1.78 bits per heavy atom. The van der Waals surface area contributed by atoms with E-state index in [0.29, 0.717) is 13.0 Å². The number of benzene rings is 2. The molecular formula is C20H23FN2O3S. The van der Waals surface area contributed by atoms with E-state index >= 15 is 0 Å². The minimum Gasteiger partial charge on any atom is -0.352 e. The van der Waals surface area contributed by atoms with E-state index in [9.17, 15) is 17.6 Å². The molecule has 1 fully saturated rings. The van der Waals surface area contributed by atoms with Crippen LogP contribution in [0.15, 0.2) is 59.5 Å². The van der Waals surface area contributed by atoms with Crippen LogP contribution in [0.1, 0.15) is 31.2 Å². The highest BCUT2D eigenvalue weighted by Gasteiger charge is 2.34. The second kappa shape index (κ2) is 8.63. The molecule has 7 heteroatoms. The van der Waals surface area contributed by atoms with Crippen molar-refractivity contribution in [3.8, 4) is 0 Å². The zero-order valence-corrected chi connectivity index (χ0v) is 15.8. The molecule has 3 rings (SSSR count). The van der Waals surface area contributed by atoms with Crippen molar-refractivity contribution in [1.29, 1.82) is 0 Å². The first-order valence-electron chi connectivity index (χ1n) is 9.05. The van der Waals surface area contributed by atoms with Gasteiger partial charge < -0.3 is 5.32 Å². The van der Waals surface area contributed by atoms with Gasteiger partial charge in [0, 0.05) is 25.6 Å². The van der Waals surface area contributed by atoms with Crippen LogP contribution in [-0.4, -0.2) is 31.2 Å². The molecule has 1 atom stereocenters. The molecule has 0 aliphatic carbocycles. The van der Waals surface area contributed by atoms with Crippen LogP contribution < -0.4 is 5.32 Å². The quantitative estimate of drug-likeness (QED) is 0.824. The fourth-order valence-electron chi connectivity index (χ4n) is 3.31. The summed E-state index contributed by atoms with van der Waals surface area (Å²) >= 11 is 0. The highest BCUT2D eigenvalue weighted by atomic mass is 32.2. The van der Waals surface area contributed by atoms with E-state index in [0.717, 1.165) is 18.4 Å². The lowest BCUT2D eigenvalue weighted by Crippen LogP contribution is -2.45. The van der Waals surface area contributed by atoms with Crippen molar-refractivity contribution in [2.75, 3.05) is 6.54 Å². The molecule has 0 aromatic heterocycles. The molecule has 0 saturated carbocycles. The zero-order chi connectivity index (χ0) is 19.3. The predicted molar refractivity (Wildman–Crippen MR) is 101 cm³/mol. The van der Waals surface area contributed by atoms with E-state index in [1.165, 1.54) is 16.4 Å². The first-order valence-corrected chi connectivity index (χ1v) is 10.5. The summed E-state index contributed by atoms with van der Waals surface area (Å²) in [7, 11) is -3.62. The second-order valence-electron chi connectivity index (χ2n) is 6.69. The summed E-state index contributed by atoms with van der Waals surface area (Å²) < 4.78 is 40.3. The van der Waals surface area contributed by atoms with Crippen LogP contribution in [0.5, 0.6) is 0 Å². The van der Waals surface area contributed by atoms with Crippen molar-refractivity contribution in [2.24, 2.45) is 0 Å². The van der Waals surface area contributed by atoms with Gasteiger partial charge in [-0.2, -0.15) is 4.31 Å². The van der Waals surface area contributed by atoms with E-state index < -0.39 is 10.0 Å². The number of halogens is 1. The summed E-state index contributed by atoms with van der Waals surface area (Å²) in [6, 6.07) is 13.9. The minimum absolute atomic E-state index is 0.118. The molecule has 1 saturated heterocycles. The first-order chi connectivity index (χ1) is 13.0. The lowest BCUT2D eigenvalue weighted by molar-refractivity contribution is -0.122. The van der Waals surface area contributed by atoms with Gasteiger partial charge in [-0.05, 0) is 42.7 Å². The van der Waals surface area contributed by atoms with E-state index in [2.05, 4.69) is 5.32 Å². The van der Waals surface area contributed by atoms with Crippen molar-refractivity contribution in [3.63, 3.8) is 0 Å². The third-order valence-electron chi connectivity index (χ3n) is 4.75. The van der Waals surface area contributed by atoms with Crippen LogP contribution >= 0.6 is 0 Å². The van der Waals surface area contributed by atoms with Gasteiger partial charge in [0.2, 0.25) is 15.9 Å². The number of rotatable bonds is 6. The van der Waals surface area contributed by atoms with E-state index in [1.54, 1.807) is 42.5 Å². The zero-order valence-electron chi connectivity index (χ0n) is 15.0. The fraction of sp³-hybridized carbons (Fsp3) is 0.350. The standard InChI is InChI=1S/C20H23FN2O3S/c21-17-11-9-16(10-12-17)15-22-20(24)14-18-6-4-5-13-23(18)27(25,26)19-7-2-1-3-8-19/h1-3,7-12,18H,4-6,13-15H2,(H,22,24). The first kappa shape index (κ1) is 19.5. The van der Waals surface area contributed by atoms with Gasteiger partial charge in [-0.3, -0.25) is 4.79 Å². The van der Waals surface area contributed by atoms with Crippen LogP contribution in [0.3, 0.4) is 0 Å². The number of hydrogen-bond acceptors (Lipinski definition) is 3. The third-order valence-corrected chi connectivity index (χ3v) is 6.71. The van der Waals surface area contributed by atoms with Gasteiger partial charge in [0.15, 0.2) is 0 Å². The fourth-order valence-corrected chi connectivity index (χ4v) is 5.03. The number of piperidine rings is 1. The van der Waals surface area contributed by atoms with Crippen LogP contribution in [0.4, 0.5) is 4.39 Å². The maximum absolute atomic E-state index is 12.9. The van der Waals surface area contributed by atoms with Crippen molar-refractivity contribution in [1.82, 2.24) is 9.62 Å². The number of nitrogens with one attached hydrogen (secondary N) is 1. The molecular weight excluding hydrogens is 367 g/mol. The summed E-state index contributed by atoms with van der Waals surface area (Å²) in [5.74, 6) is -0.534. The summed E-state index contributed by atoms with van der Waals surface area (Å²) in [6.07, 6.45) is 2.47. The van der Waals surface area contributed by atoms with Gasteiger partial charge in [0.05, 0.1) is 4.90 Å². The van der Waals surface area contributed by atoms with E-state index in [4.69, 9.17) is 0 Å². The second-order valence-corrected chi connectivity index (χ2v) is 8.58. The summed E-state index contributed by atoms with van der Waals surface area (Å²) in [6.45, 7) is 0.713. The molecule has 1 amide bonds. The highest BCUT2D eigenvalue weighted by Crippen LogP contribution is 2.27. The molecule has 1 aliphatic heterocycles. The Bertz CT molecular complexity index is 870. The Kier molecular flexibility index (Phi) is 6.23. The normalized spacial score (nSPS) is 18.2. The van der Waals surface area contributed by atoms with Crippen LogP contribution in [0.2, 0.25) is 0 Å². The lowest BCUT2D eigenvalue weighted by atomic mass is 10.0. The molecule has 0 bridgehead atoms. The number of amides is 1. The molecule has 27 heavy (non-hydrogen) atoms. The predicted octanol–water partition coefficient (Wildman–Crippen LogP) is 3.08. The number of carbonyl (C=O) groups is 1. The largest absolute Gasteiger partial charge is 0.352 e. The van der Waals surface area contributed by atoms with Gasteiger partial charge in [0.1, 0.15) is 5.82 Å². The maximum atomic E-state index is 12.9. The third kappa shape index (κ3) is 4.93. The van der Waals surface area contributed by atoms with Crippen LogP contribution in [0, 0.1) is 5.82 Å². The number of sulfonamides is 1. The smallest absolute Gasteiger partial charge is 0.243 e. The average Bonchev–Trinajstić information content (AvgIpc) is 2.68. The van der Waals surface area contributed by atoms with E-state index in [1.807, 2.05) is 0 Å². The van der Waals surface area contributed by atoms with Crippen molar-refractivity contribution < 1.29 is 17.6 Å². The van der Waals surface area contributed by atoms with Crippen molar-refractivity contribution >= 4 is 15.9 Å². The number of carbonyl (C=O) groups excluding carboxylic acids is 1. The molecule has 2 aromatic rings. The minimum atomic E-state index is -3.62. The molecule has 0 spiro atoms. The van der Waals surface area contributed by atoms with Crippen LogP contribution in [-0.2, 0) is 21.4 Å². The Labute approximate surface area is 159 Å². The summed E-state index contributed by atoms with van der Waals surface area (Å²) in [5.41, 5.74) is 0.794. The Balaban J connectivity index is 1.65. The molecule has 1 unspecified atom stereocenters. The van der Waals surface area contributed by atoms with Gasteiger partial charge in [-0.1, -0.05) is 36.8 Å². The topological polar surface area (TPSA) is 66.5 Å². The Morgan fingerprint density at radius 1 is 1.07 bits per heavy atom. The Hall–Kier alpha value is -2.25. The molecule has 0 radical (unpaired) electrons. The highest BCUT2D eigenvalue weighted by molar-refractivity contribution is 7.89. The van der Waals surface area contributed by atoms with Gasteiger partial charge in [-0.25, -0.2) is 12.8 Å². The number of hydrogen-bond donors (Lipinski definition) is 1. The van der Waals surface area contributed by atoms with Crippen LogP contribution in [0.25, 0.3) is 0 Å². The SMILES string of the molecule is O=C(CC1CCCCN1S(=O)(=O)c1ccccc1)NCc1ccc(F)cc1. The molecule has 2 aromatic carbocycles. The summed E-state index contributed by atoms with van der Waals surface area (Å²) in [4.78, 5) is 12.6. The molecule has 1 N–H and O–H groups in total. The number of nitrogens with zero attached hydrogens (tertiary/aromatic N) is 1. The average molecular weight is 390 g/mol.